The number of amides is 1. The van der Waals surface area contributed by atoms with E-state index in [4.69, 9.17) is 0 Å². The first-order chi connectivity index (χ1) is 8.61. The Kier molecular flexibility index (Phi) is 3.37. The van der Waals surface area contributed by atoms with Crippen molar-refractivity contribution in [1.29, 1.82) is 0 Å². The van der Waals surface area contributed by atoms with Gasteiger partial charge >= 0.3 is 0 Å². The standard InChI is InChI=1S/C14H11F2NO/c1-17-14(18)12-7-4-10(8-13(12)16)9-2-5-11(15)6-3-9/h2-8H,1H3,(H,17,18). The molecule has 0 bridgehead atoms. The van der Waals surface area contributed by atoms with E-state index in [9.17, 15) is 13.6 Å². The zero-order valence-corrected chi connectivity index (χ0v) is 9.71. The number of carbonyl (C=O) groups excluding carboxylic acids is 1. The highest BCUT2D eigenvalue weighted by molar-refractivity contribution is 5.94. The minimum atomic E-state index is -0.601. The van der Waals surface area contributed by atoms with E-state index in [1.807, 2.05) is 0 Å². The van der Waals surface area contributed by atoms with Crippen LogP contribution in [-0.4, -0.2) is 13.0 Å². The largest absolute Gasteiger partial charge is 0.355 e. The lowest BCUT2D eigenvalue weighted by atomic mass is 10.0. The summed E-state index contributed by atoms with van der Waals surface area (Å²) >= 11 is 0. The molecular weight excluding hydrogens is 236 g/mol. The van der Waals surface area contributed by atoms with Crippen molar-refractivity contribution in [1.82, 2.24) is 5.32 Å². The molecule has 0 radical (unpaired) electrons. The first-order valence-corrected chi connectivity index (χ1v) is 5.39. The third-order valence-corrected chi connectivity index (χ3v) is 2.62. The number of nitrogens with one attached hydrogen (secondary N) is 1. The van der Waals surface area contributed by atoms with Crippen molar-refractivity contribution >= 4 is 5.91 Å². The maximum absolute atomic E-state index is 13.7. The fourth-order valence-electron chi connectivity index (χ4n) is 1.66. The summed E-state index contributed by atoms with van der Waals surface area (Å²) in [5, 5.41) is 2.36. The summed E-state index contributed by atoms with van der Waals surface area (Å²) in [7, 11) is 1.44. The topological polar surface area (TPSA) is 29.1 Å². The Morgan fingerprint density at radius 1 is 1.00 bits per heavy atom. The van der Waals surface area contributed by atoms with Gasteiger partial charge in [-0.2, -0.15) is 0 Å². The Hall–Kier alpha value is -2.23. The molecule has 2 aromatic rings. The minimum absolute atomic E-state index is 0.0108. The van der Waals surface area contributed by atoms with Crippen molar-refractivity contribution in [3.05, 3.63) is 59.7 Å². The smallest absolute Gasteiger partial charge is 0.253 e. The van der Waals surface area contributed by atoms with Gasteiger partial charge in [0.1, 0.15) is 11.6 Å². The lowest BCUT2D eigenvalue weighted by Gasteiger charge is -2.05. The Morgan fingerprint density at radius 2 is 1.61 bits per heavy atom. The van der Waals surface area contributed by atoms with E-state index < -0.39 is 11.7 Å². The fourth-order valence-corrected chi connectivity index (χ4v) is 1.66. The predicted octanol–water partition coefficient (Wildman–Crippen LogP) is 2.99. The molecule has 4 heteroatoms. The van der Waals surface area contributed by atoms with Crippen LogP contribution < -0.4 is 5.32 Å². The van der Waals surface area contributed by atoms with E-state index in [0.717, 1.165) is 0 Å². The second-order valence-corrected chi connectivity index (χ2v) is 3.78. The van der Waals surface area contributed by atoms with Crippen molar-refractivity contribution in [2.24, 2.45) is 0 Å². The quantitative estimate of drug-likeness (QED) is 0.868. The van der Waals surface area contributed by atoms with Crippen molar-refractivity contribution in [2.45, 2.75) is 0 Å². The number of carbonyl (C=O) groups is 1. The molecule has 92 valence electrons. The highest BCUT2D eigenvalue weighted by Crippen LogP contribution is 2.22. The Labute approximate surface area is 103 Å². The molecule has 0 unspecified atom stereocenters. The van der Waals surface area contributed by atoms with Gasteiger partial charge in [-0.15, -0.1) is 0 Å². The summed E-state index contributed by atoms with van der Waals surface area (Å²) in [6.07, 6.45) is 0. The van der Waals surface area contributed by atoms with E-state index >= 15 is 0 Å². The minimum Gasteiger partial charge on any atom is -0.355 e. The second-order valence-electron chi connectivity index (χ2n) is 3.78. The van der Waals surface area contributed by atoms with Crippen LogP contribution in [0, 0.1) is 11.6 Å². The van der Waals surface area contributed by atoms with Gasteiger partial charge in [0.25, 0.3) is 5.91 Å². The molecule has 18 heavy (non-hydrogen) atoms. The summed E-state index contributed by atoms with van der Waals surface area (Å²) in [5.41, 5.74) is 1.28. The second kappa shape index (κ2) is 4.96. The Bertz CT molecular complexity index is 579. The van der Waals surface area contributed by atoms with Gasteiger partial charge in [0.05, 0.1) is 5.56 Å². The molecular formula is C14H11F2NO. The molecule has 0 aromatic heterocycles. The molecule has 0 atom stereocenters. The lowest BCUT2D eigenvalue weighted by Crippen LogP contribution is -2.19. The van der Waals surface area contributed by atoms with Crippen molar-refractivity contribution in [3.63, 3.8) is 0 Å². The van der Waals surface area contributed by atoms with Gasteiger partial charge in [-0.3, -0.25) is 4.79 Å². The summed E-state index contributed by atoms with van der Waals surface area (Å²) in [5.74, 6) is -1.42. The monoisotopic (exact) mass is 247 g/mol. The molecule has 0 heterocycles. The Balaban J connectivity index is 2.40. The average molecular weight is 247 g/mol. The van der Waals surface area contributed by atoms with Crippen LogP contribution in [0.3, 0.4) is 0 Å². The van der Waals surface area contributed by atoms with Gasteiger partial charge in [0, 0.05) is 7.05 Å². The number of benzene rings is 2. The van der Waals surface area contributed by atoms with E-state index in [1.165, 1.54) is 31.3 Å². The van der Waals surface area contributed by atoms with E-state index in [-0.39, 0.29) is 11.4 Å². The van der Waals surface area contributed by atoms with Gasteiger partial charge < -0.3 is 5.32 Å². The summed E-state index contributed by atoms with van der Waals surface area (Å²) < 4.78 is 26.5. The molecule has 2 aromatic carbocycles. The van der Waals surface area contributed by atoms with Crippen molar-refractivity contribution in [3.8, 4) is 11.1 Å². The highest BCUT2D eigenvalue weighted by Gasteiger charge is 2.11. The summed E-state index contributed by atoms with van der Waals surface area (Å²) in [6.45, 7) is 0. The van der Waals surface area contributed by atoms with Crippen LogP contribution in [0.5, 0.6) is 0 Å². The van der Waals surface area contributed by atoms with Crippen LogP contribution in [-0.2, 0) is 0 Å². The number of halogens is 2. The van der Waals surface area contributed by atoms with Crippen molar-refractivity contribution in [2.75, 3.05) is 7.05 Å². The maximum atomic E-state index is 13.7. The molecule has 0 aliphatic carbocycles. The zero-order valence-electron chi connectivity index (χ0n) is 9.71. The molecule has 0 aliphatic heterocycles. The first kappa shape index (κ1) is 12.2. The summed E-state index contributed by atoms with van der Waals surface area (Å²) in [6, 6.07) is 10.0. The van der Waals surface area contributed by atoms with Crippen molar-refractivity contribution < 1.29 is 13.6 Å². The van der Waals surface area contributed by atoms with Crippen LogP contribution in [0.15, 0.2) is 42.5 Å². The van der Waals surface area contributed by atoms with Gasteiger partial charge in [0.2, 0.25) is 0 Å². The zero-order chi connectivity index (χ0) is 13.1. The number of hydrogen-bond donors (Lipinski definition) is 1. The fraction of sp³-hybridized carbons (Fsp3) is 0.0714. The van der Waals surface area contributed by atoms with Crippen LogP contribution in [0.25, 0.3) is 11.1 Å². The van der Waals surface area contributed by atoms with Gasteiger partial charge in [0.15, 0.2) is 0 Å². The number of rotatable bonds is 2. The van der Waals surface area contributed by atoms with Gasteiger partial charge in [-0.25, -0.2) is 8.78 Å². The third kappa shape index (κ3) is 2.37. The SMILES string of the molecule is CNC(=O)c1ccc(-c2ccc(F)cc2)cc1F. The molecule has 1 amide bonds. The van der Waals surface area contributed by atoms with Crippen LogP contribution in [0.1, 0.15) is 10.4 Å². The third-order valence-electron chi connectivity index (χ3n) is 2.62. The van der Waals surface area contributed by atoms with E-state index in [2.05, 4.69) is 5.32 Å². The molecule has 0 fully saturated rings. The molecule has 1 N–H and O–H groups in total. The molecule has 0 aliphatic rings. The lowest BCUT2D eigenvalue weighted by molar-refractivity contribution is 0.0959. The maximum Gasteiger partial charge on any atom is 0.253 e. The normalized spacial score (nSPS) is 10.2. The number of hydrogen-bond acceptors (Lipinski definition) is 1. The summed E-state index contributed by atoms with van der Waals surface area (Å²) in [4.78, 5) is 11.3. The molecule has 0 saturated heterocycles. The molecule has 2 rings (SSSR count). The molecule has 0 spiro atoms. The first-order valence-electron chi connectivity index (χ1n) is 5.39. The van der Waals surface area contributed by atoms with Gasteiger partial charge in [-0.1, -0.05) is 18.2 Å². The van der Waals surface area contributed by atoms with Crippen LogP contribution in [0.4, 0.5) is 8.78 Å². The van der Waals surface area contributed by atoms with Gasteiger partial charge in [-0.05, 0) is 35.4 Å². The average Bonchev–Trinajstić information content (AvgIpc) is 2.38. The van der Waals surface area contributed by atoms with Crippen LogP contribution >= 0.6 is 0 Å². The predicted molar refractivity (Wildman–Crippen MR) is 65.2 cm³/mol. The highest BCUT2D eigenvalue weighted by atomic mass is 19.1. The van der Waals surface area contributed by atoms with E-state index in [1.54, 1.807) is 18.2 Å². The Morgan fingerprint density at radius 3 is 2.17 bits per heavy atom. The van der Waals surface area contributed by atoms with Crippen LogP contribution in [0.2, 0.25) is 0 Å². The molecule has 0 saturated carbocycles. The molecule has 2 nitrogen and oxygen atoms in total. The van der Waals surface area contributed by atoms with E-state index in [0.29, 0.717) is 11.1 Å².